The Morgan fingerprint density at radius 1 is 1.59 bits per heavy atom. The third-order valence-electron chi connectivity index (χ3n) is 3.62. The van der Waals surface area contributed by atoms with Gasteiger partial charge in [-0.05, 0) is 39.9 Å². The van der Waals surface area contributed by atoms with Crippen molar-refractivity contribution >= 4 is 11.3 Å². The minimum absolute atomic E-state index is 0.447. The summed E-state index contributed by atoms with van der Waals surface area (Å²) in [6.45, 7) is 7.41. The van der Waals surface area contributed by atoms with E-state index in [4.69, 9.17) is 10.7 Å². The lowest BCUT2D eigenvalue weighted by Gasteiger charge is -2.28. The number of hydrogen-bond donors (Lipinski definition) is 1. The van der Waals surface area contributed by atoms with E-state index in [0.717, 1.165) is 6.54 Å². The highest BCUT2D eigenvalue weighted by Gasteiger charge is 2.23. The molecule has 1 saturated heterocycles. The molecule has 0 aromatic carbocycles. The number of aromatic nitrogens is 1. The van der Waals surface area contributed by atoms with Crippen molar-refractivity contribution in [3.8, 4) is 0 Å². The number of likely N-dealkylation sites (N-methyl/N-ethyl adjacent to an activating group) is 1. The molecule has 1 aliphatic rings. The number of thiazole rings is 1. The molecule has 2 N–H and O–H groups in total. The molecule has 2 unspecified atom stereocenters. The average molecular weight is 253 g/mol. The van der Waals surface area contributed by atoms with Gasteiger partial charge in [-0.2, -0.15) is 0 Å². The molecule has 96 valence electrons. The molecule has 2 heterocycles. The van der Waals surface area contributed by atoms with Crippen molar-refractivity contribution < 1.29 is 0 Å². The molecule has 0 saturated carbocycles. The van der Waals surface area contributed by atoms with Crippen LogP contribution in [0.15, 0.2) is 0 Å². The SMILES string of the molecule is Cc1nc(C2CCCN(C)C2)sc1C(C)CN. The molecule has 4 heteroatoms. The van der Waals surface area contributed by atoms with Gasteiger partial charge in [-0.25, -0.2) is 4.98 Å². The van der Waals surface area contributed by atoms with E-state index in [2.05, 4.69) is 25.8 Å². The first kappa shape index (κ1) is 13.0. The van der Waals surface area contributed by atoms with E-state index in [0.29, 0.717) is 18.4 Å². The van der Waals surface area contributed by atoms with Crippen LogP contribution in [0.1, 0.15) is 47.2 Å². The van der Waals surface area contributed by atoms with E-state index >= 15 is 0 Å². The summed E-state index contributed by atoms with van der Waals surface area (Å²) in [6.07, 6.45) is 2.58. The van der Waals surface area contributed by atoms with Crippen molar-refractivity contribution in [1.29, 1.82) is 0 Å². The molecule has 3 nitrogen and oxygen atoms in total. The predicted octanol–water partition coefficient (Wildman–Crippen LogP) is 2.32. The summed E-state index contributed by atoms with van der Waals surface area (Å²) in [4.78, 5) is 8.57. The topological polar surface area (TPSA) is 42.2 Å². The molecule has 0 amide bonds. The molecule has 17 heavy (non-hydrogen) atoms. The highest BCUT2D eigenvalue weighted by Crippen LogP contribution is 2.34. The molecule has 1 aliphatic heterocycles. The van der Waals surface area contributed by atoms with Gasteiger partial charge in [0, 0.05) is 23.3 Å². The smallest absolute Gasteiger partial charge is 0.0974 e. The van der Waals surface area contributed by atoms with Crippen LogP contribution in [0, 0.1) is 6.92 Å². The molecule has 0 bridgehead atoms. The summed E-state index contributed by atoms with van der Waals surface area (Å²) in [5.74, 6) is 1.08. The van der Waals surface area contributed by atoms with Gasteiger partial charge in [0.15, 0.2) is 0 Å². The maximum absolute atomic E-state index is 5.75. The standard InChI is InChI=1S/C13H23N3S/c1-9(7-14)12-10(2)15-13(17-12)11-5-4-6-16(3)8-11/h9,11H,4-8,14H2,1-3H3. The van der Waals surface area contributed by atoms with Gasteiger partial charge in [0.2, 0.25) is 0 Å². The van der Waals surface area contributed by atoms with Gasteiger partial charge in [0.1, 0.15) is 0 Å². The van der Waals surface area contributed by atoms with Crippen molar-refractivity contribution in [2.45, 2.75) is 38.5 Å². The first-order chi connectivity index (χ1) is 8.11. The summed E-state index contributed by atoms with van der Waals surface area (Å²) in [6, 6.07) is 0. The first-order valence-electron chi connectivity index (χ1n) is 6.47. The van der Waals surface area contributed by atoms with Gasteiger partial charge in [-0.15, -0.1) is 11.3 Å². The zero-order valence-electron chi connectivity index (χ0n) is 11.1. The largest absolute Gasteiger partial charge is 0.330 e. The second kappa shape index (κ2) is 5.46. The zero-order chi connectivity index (χ0) is 12.4. The number of nitrogens with two attached hydrogens (primary N) is 1. The fourth-order valence-electron chi connectivity index (χ4n) is 2.54. The number of hydrogen-bond acceptors (Lipinski definition) is 4. The Morgan fingerprint density at radius 3 is 3.00 bits per heavy atom. The quantitative estimate of drug-likeness (QED) is 0.899. The van der Waals surface area contributed by atoms with E-state index in [1.165, 1.54) is 35.0 Å². The normalized spacial score (nSPS) is 23.9. The first-order valence-corrected chi connectivity index (χ1v) is 7.29. The minimum Gasteiger partial charge on any atom is -0.330 e. The summed E-state index contributed by atoms with van der Waals surface area (Å²) in [7, 11) is 2.20. The Morgan fingerprint density at radius 2 is 2.35 bits per heavy atom. The molecule has 1 fully saturated rings. The summed E-state index contributed by atoms with van der Waals surface area (Å²) < 4.78 is 0. The minimum atomic E-state index is 0.447. The lowest BCUT2D eigenvalue weighted by molar-refractivity contribution is 0.250. The van der Waals surface area contributed by atoms with Gasteiger partial charge in [0.25, 0.3) is 0 Å². The third kappa shape index (κ3) is 2.87. The van der Waals surface area contributed by atoms with Crippen LogP contribution in [0.5, 0.6) is 0 Å². The molecular weight excluding hydrogens is 230 g/mol. The Balaban J connectivity index is 2.16. The third-order valence-corrected chi connectivity index (χ3v) is 5.18. The van der Waals surface area contributed by atoms with Crippen LogP contribution in [0.2, 0.25) is 0 Å². The van der Waals surface area contributed by atoms with E-state index in [-0.39, 0.29) is 0 Å². The molecule has 0 spiro atoms. The number of likely N-dealkylation sites (tertiary alicyclic amines) is 1. The highest BCUT2D eigenvalue weighted by atomic mass is 32.1. The van der Waals surface area contributed by atoms with Crippen molar-refractivity contribution in [2.75, 3.05) is 26.7 Å². The van der Waals surface area contributed by atoms with Crippen LogP contribution in [0.4, 0.5) is 0 Å². The predicted molar refractivity (Wildman–Crippen MR) is 73.8 cm³/mol. The van der Waals surface area contributed by atoms with Crippen LogP contribution in [0.3, 0.4) is 0 Å². The molecule has 1 aromatic heterocycles. The number of nitrogens with zero attached hydrogens (tertiary/aromatic N) is 2. The highest BCUT2D eigenvalue weighted by molar-refractivity contribution is 7.12. The Bertz CT molecular complexity index is 375. The Kier molecular flexibility index (Phi) is 4.17. The molecule has 0 radical (unpaired) electrons. The van der Waals surface area contributed by atoms with Crippen molar-refractivity contribution in [3.63, 3.8) is 0 Å². The maximum atomic E-state index is 5.75. The number of aryl methyl sites for hydroxylation is 1. The fourth-order valence-corrected chi connectivity index (χ4v) is 3.79. The van der Waals surface area contributed by atoms with E-state index in [1.54, 1.807) is 0 Å². The Hall–Kier alpha value is -0.450. The zero-order valence-corrected chi connectivity index (χ0v) is 11.9. The molecule has 1 aromatic rings. The van der Waals surface area contributed by atoms with Gasteiger partial charge in [-0.1, -0.05) is 6.92 Å². The van der Waals surface area contributed by atoms with Crippen LogP contribution in [0.25, 0.3) is 0 Å². The van der Waals surface area contributed by atoms with Crippen molar-refractivity contribution in [3.05, 3.63) is 15.6 Å². The number of rotatable bonds is 3. The number of piperidine rings is 1. The summed E-state index contributed by atoms with van der Waals surface area (Å²) >= 11 is 1.88. The van der Waals surface area contributed by atoms with Crippen LogP contribution in [-0.4, -0.2) is 36.6 Å². The van der Waals surface area contributed by atoms with E-state index < -0.39 is 0 Å². The molecule has 2 atom stereocenters. The lowest BCUT2D eigenvalue weighted by atomic mass is 9.99. The van der Waals surface area contributed by atoms with Gasteiger partial charge in [0.05, 0.1) is 10.7 Å². The van der Waals surface area contributed by atoms with Gasteiger partial charge >= 0.3 is 0 Å². The average Bonchev–Trinajstić information content (AvgIpc) is 2.70. The molecule has 0 aliphatic carbocycles. The summed E-state index contributed by atoms with van der Waals surface area (Å²) in [5.41, 5.74) is 6.94. The van der Waals surface area contributed by atoms with Crippen LogP contribution in [-0.2, 0) is 0 Å². The monoisotopic (exact) mass is 253 g/mol. The second-order valence-corrected chi connectivity index (χ2v) is 6.30. The molecule has 2 rings (SSSR count). The lowest BCUT2D eigenvalue weighted by Crippen LogP contribution is -2.30. The Labute approximate surface area is 108 Å². The molecular formula is C13H23N3S. The summed E-state index contributed by atoms with van der Waals surface area (Å²) in [5, 5.41) is 1.32. The van der Waals surface area contributed by atoms with Crippen LogP contribution >= 0.6 is 11.3 Å². The second-order valence-electron chi connectivity index (χ2n) is 5.24. The van der Waals surface area contributed by atoms with Crippen molar-refractivity contribution in [1.82, 2.24) is 9.88 Å². The van der Waals surface area contributed by atoms with E-state index in [9.17, 15) is 0 Å². The van der Waals surface area contributed by atoms with Gasteiger partial charge in [-0.3, -0.25) is 0 Å². The maximum Gasteiger partial charge on any atom is 0.0974 e. The van der Waals surface area contributed by atoms with Crippen LogP contribution < -0.4 is 5.73 Å². The fraction of sp³-hybridized carbons (Fsp3) is 0.769. The van der Waals surface area contributed by atoms with Crippen molar-refractivity contribution in [2.24, 2.45) is 5.73 Å². The van der Waals surface area contributed by atoms with Gasteiger partial charge < -0.3 is 10.6 Å². The van der Waals surface area contributed by atoms with E-state index in [1.807, 2.05) is 11.3 Å².